The molecular formula is C13H10N2O5. The van der Waals surface area contributed by atoms with Crippen LogP contribution in [-0.4, -0.2) is 23.3 Å². The van der Waals surface area contributed by atoms with Crippen LogP contribution in [0, 0.1) is 10.1 Å². The summed E-state index contributed by atoms with van der Waals surface area (Å²) in [4.78, 5) is 24.8. The molecule has 7 nitrogen and oxygen atoms in total. The molecule has 0 saturated heterocycles. The van der Waals surface area contributed by atoms with Crippen LogP contribution in [0.2, 0.25) is 0 Å². The van der Waals surface area contributed by atoms with Gasteiger partial charge in [0, 0.05) is 17.8 Å². The summed E-state index contributed by atoms with van der Waals surface area (Å²) >= 11 is 0. The van der Waals surface area contributed by atoms with Gasteiger partial charge in [-0.2, -0.15) is 0 Å². The maximum absolute atomic E-state index is 11.0. The Morgan fingerprint density at radius 1 is 1.30 bits per heavy atom. The summed E-state index contributed by atoms with van der Waals surface area (Å²) < 4.78 is 10.3. The number of nitro benzene ring substituents is 1. The monoisotopic (exact) mass is 274 g/mol. The fourth-order valence-corrected chi connectivity index (χ4v) is 1.49. The Balaban J connectivity index is 2.31. The molecule has 102 valence electrons. The fraction of sp³-hybridized carbons (Fsp3) is 0.0769. The predicted molar refractivity (Wildman–Crippen MR) is 69.3 cm³/mol. The van der Waals surface area contributed by atoms with Gasteiger partial charge in [-0.05, 0) is 18.2 Å². The number of carbonyl (C=O) groups excluding carboxylic acids is 1. The van der Waals surface area contributed by atoms with Crippen LogP contribution in [0.1, 0.15) is 10.4 Å². The van der Waals surface area contributed by atoms with E-state index in [1.54, 1.807) is 6.07 Å². The van der Waals surface area contributed by atoms with E-state index in [0.717, 1.165) is 0 Å². The number of ether oxygens (including phenoxy) is 2. The van der Waals surface area contributed by atoms with Crippen molar-refractivity contribution in [2.24, 2.45) is 0 Å². The second-order valence-corrected chi connectivity index (χ2v) is 3.74. The minimum Gasteiger partial charge on any atom is -0.496 e. The zero-order valence-corrected chi connectivity index (χ0v) is 10.5. The molecule has 0 aliphatic heterocycles. The van der Waals surface area contributed by atoms with Gasteiger partial charge in [0.1, 0.15) is 5.75 Å². The Kier molecular flexibility index (Phi) is 3.90. The zero-order valence-electron chi connectivity index (χ0n) is 10.5. The number of hydrogen-bond donors (Lipinski definition) is 0. The van der Waals surface area contributed by atoms with Gasteiger partial charge in [-0.25, -0.2) is 4.98 Å². The number of aromatic nitrogens is 1. The van der Waals surface area contributed by atoms with E-state index in [9.17, 15) is 14.9 Å². The van der Waals surface area contributed by atoms with E-state index in [1.807, 2.05) is 0 Å². The van der Waals surface area contributed by atoms with Crippen LogP contribution in [-0.2, 0) is 0 Å². The molecule has 0 saturated carbocycles. The average Bonchev–Trinajstić information content (AvgIpc) is 2.48. The molecule has 0 fully saturated rings. The Bertz CT molecular complexity index is 640. The molecular weight excluding hydrogens is 264 g/mol. The largest absolute Gasteiger partial charge is 0.496 e. The number of hydrogen-bond acceptors (Lipinski definition) is 6. The Hall–Kier alpha value is -2.96. The summed E-state index contributed by atoms with van der Waals surface area (Å²) in [6.07, 6.45) is 1.96. The van der Waals surface area contributed by atoms with Gasteiger partial charge in [-0.15, -0.1) is 0 Å². The minimum absolute atomic E-state index is 0.0437. The van der Waals surface area contributed by atoms with Gasteiger partial charge < -0.3 is 9.47 Å². The first-order valence-corrected chi connectivity index (χ1v) is 5.55. The smallest absolute Gasteiger partial charge is 0.315 e. The first kappa shape index (κ1) is 13.5. The van der Waals surface area contributed by atoms with Crippen molar-refractivity contribution in [1.82, 2.24) is 4.98 Å². The Morgan fingerprint density at radius 2 is 2.10 bits per heavy atom. The fourth-order valence-electron chi connectivity index (χ4n) is 1.49. The van der Waals surface area contributed by atoms with E-state index in [1.165, 1.54) is 37.6 Å². The first-order chi connectivity index (χ1) is 9.63. The number of methoxy groups -OCH3 is 1. The molecule has 7 heteroatoms. The van der Waals surface area contributed by atoms with Crippen LogP contribution in [0.3, 0.4) is 0 Å². The summed E-state index contributed by atoms with van der Waals surface area (Å²) in [6, 6.07) is 7.19. The van der Waals surface area contributed by atoms with Crippen LogP contribution >= 0.6 is 0 Å². The van der Waals surface area contributed by atoms with Gasteiger partial charge in [-0.3, -0.25) is 14.9 Å². The van der Waals surface area contributed by atoms with Gasteiger partial charge in [0.2, 0.25) is 11.6 Å². The number of aldehydes is 1. The van der Waals surface area contributed by atoms with Crippen molar-refractivity contribution in [2.45, 2.75) is 0 Å². The van der Waals surface area contributed by atoms with Gasteiger partial charge >= 0.3 is 5.69 Å². The van der Waals surface area contributed by atoms with Crippen LogP contribution in [0.25, 0.3) is 0 Å². The van der Waals surface area contributed by atoms with Crippen LogP contribution in [0.15, 0.2) is 36.5 Å². The molecule has 0 N–H and O–H groups in total. The van der Waals surface area contributed by atoms with E-state index in [-0.39, 0.29) is 17.3 Å². The summed E-state index contributed by atoms with van der Waals surface area (Å²) in [5.74, 6) is 0.555. The summed E-state index contributed by atoms with van der Waals surface area (Å²) in [5, 5.41) is 11.0. The number of rotatable bonds is 5. The van der Waals surface area contributed by atoms with Crippen molar-refractivity contribution in [3.05, 3.63) is 52.2 Å². The number of nitro groups is 1. The average molecular weight is 274 g/mol. The normalized spacial score (nSPS) is 9.85. The van der Waals surface area contributed by atoms with Gasteiger partial charge in [0.05, 0.1) is 18.1 Å². The molecule has 1 aromatic carbocycles. The second kappa shape index (κ2) is 5.79. The molecule has 1 aromatic heterocycles. The van der Waals surface area contributed by atoms with E-state index >= 15 is 0 Å². The summed E-state index contributed by atoms with van der Waals surface area (Å²) in [6.45, 7) is 0. The van der Waals surface area contributed by atoms with E-state index in [0.29, 0.717) is 17.6 Å². The Morgan fingerprint density at radius 3 is 2.65 bits per heavy atom. The number of nitrogens with zero attached hydrogens (tertiary/aromatic N) is 2. The Labute approximate surface area is 113 Å². The molecule has 0 radical (unpaired) electrons. The van der Waals surface area contributed by atoms with Crippen molar-refractivity contribution in [3.8, 4) is 17.4 Å². The molecule has 2 aromatic rings. The molecule has 0 atom stereocenters. The maximum Gasteiger partial charge on any atom is 0.315 e. The van der Waals surface area contributed by atoms with Crippen molar-refractivity contribution < 1.29 is 19.2 Å². The second-order valence-electron chi connectivity index (χ2n) is 3.74. The van der Waals surface area contributed by atoms with E-state index < -0.39 is 4.92 Å². The topological polar surface area (TPSA) is 91.6 Å². The van der Waals surface area contributed by atoms with Gasteiger partial charge in [-0.1, -0.05) is 0 Å². The quantitative estimate of drug-likeness (QED) is 0.472. The van der Waals surface area contributed by atoms with Gasteiger partial charge in [0.15, 0.2) is 6.29 Å². The van der Waals surface area contributed by atoms with Crippen molar-refractivity contribution in [1.29, 1.82) is 0 Å². The predicted octanol–water partition coefficient (Wildman–Crippen LogP) is 2.60. The highest BCUT2D eigenvalue weighted by Crippen LogP contribution is 2.33. The lowest BCUT2D eigenvalue weighted by atomic mass is 10.3. The molecule has 0 aliphatic rings. The summed E-state index contributed by atoms with van der Waals surface area (Å²) in [5.41, 5.74) is 0.159. The van der Waals surface area contributed by atoms with Crippen molar-refractivity contribution in [3.63, 3.8) is 0 Å². The van der Waals surface area contributed by atoms with Crippen LogP contribution in [0.4, 0.5) is 5.69 Å². The highest BCUT2D eigenvalue weighted by molar-refractivity contribution is 5.74. The lowest BCUT2D eigenvalue weighted by Crippen LogP contribution is -1.96. The van der Waals surface area contributed by atoms with Crippen molar-refractivity contribution >= 4 is 12.0 Å². The third-order valence-corrected chi connectivity index (χ3v) is 2.47. The lowest BCUT2D eigenvalue weighted by Gasteiger charge is -2.06. The molecule has 1 heterocycles. The highest BCUT2D eigenvalue weighted by atomic mass is 16.6. The number of carbonyl (C=O) groups is 1. The molecule has 20 heavy (non-hydrogen) atoms. The van der Waals surface area contributed by atoms with Crippen LogP contribution < -0.4 is 9.47 Å². The van der Waals surface area contributed by atoms with Gasteiger partial charge in [0.25, 0.3) is 0 Å². The first-order valence-electron chi connectivity index (χ1n) is 5.55. The molecule has 0 bridgehead atoms. The maximum atomic E-state index is 11.0. The molecule has 0 unspecified atom stereocenters. The molecule has 2 rings (SSSR count). The number of pyridine rings is 1. The molecule has 0 spiro atoms. The zero-order chi connectivity index (χ0) is 14.5. The molecule has 0 aliphatic carbocycles. The summed E-state index contributed by atoms with van der Waals surface area (Å²) in [7, 11) is 1.42. The van der Waals surface area contributed by atoms with Crippen molar-refractivity contribution in [2.75, 3.05) is 7.11 Å². The minimum atomic E-state index is -0.572. The standard InChI is InChI=1S/C13H10N2O5/c1-19-10-3-4-12(11(6-10)15(17)18)20-13-5-2-9(8-16)7-14-13/h2-8H,1H3. The van der Waals surface area contributed by atoms with E-state index in [4.69, 9.17) is 9.47 Å². The highest BCUT2D eigenvalue weighted by Gasteiger charge is 2.17. The third-order valence-electron chi connectivity index (χ3n) is 2.47. The number of benzene rings is 1. The van der Waals surface area contributed by atoms with Crippen LogP contribution in [0.5, 0.6) is 17.4 Å². The third kappa shape index (κ3) is 2.89. The molecule has 0 amide bonds. The van der Waals surface area contributed by atoms with E-state index in [2.05, 4.69) is 4.98 Å². The lowest BCUT2D eigenvalue weighted by molar-refractivity contribution is -0.385. The SMILES string of the molecule is COc1ccc(Oc2ccc(C=O)cn2)c([N+](=O)[O-])c1.